The first-order valence-corrected chi connectivity index (χ1v) is 6.45. The topological polar surface area (TPSA) is 101 Å². The van der Waals surface area contributed by atoms with Gasteiger partial charge in [-0.25, -0.2) is 13.1 Å². The third-order valence-electron chi connectivity index (χ3n) is 2.24. The molecule has 0 aromatic heterocycles. The molecule has 1 aromatic rings. The standard InChI is InChI=1S/C10H15N3O3S/c1-7(10(11)14)13-8-5-3-4-6-9(8)17(15,16)12-2/h3-7,12-13H,1-2H3,(H2,11,14). The van der Waals surface area contributed by atoms with Crippen LogP contribution in [0.15, 0.2) is 29.2 Å². The molecule has 4 N–H and O–H groups in total. The smallest absolute Gasteiger partial charge is 0.242 e. The molecule has 0 saturated carbocycles. The summed E-state index contributed by atoms with van der Waals surface area (Å²) in [5, 5.41) is 2.76. The van der Waals surface area contributed by atoms with Gasteiger partial charge in [0.05, 0.1) is 5.69 Å². The third-order valence-corrected chi connectivity index (χ3v) is 3.72. The maximum Gasteiger partial charge on any atom is 0.242 e. The number of carbonyl (C=O) groups is 1. The van der Waals surface area contributed by atoms with Gasteiger partial charge in [0.1, 0.15) is 10.9 Å². The minimum Gasteiger partial charge on any atom is -0.373 e. The van der Waals surface area contributed by atoms with Gasteiger partial charge >= 0.3 is 0 Å². The average molecular weight is 257 g/mol. The van der Waals surface area contributed by atoms with Crippen molar-refractivity contribution in [2.75, 3.05) is 12.4 Å². The normalized spacial score (nSPS) is 13.1. The zero-order chi connectivity index (χ0) is 13.1. The highest BCUT2D eigenvalue weighted by atomic mass is 32.2. The van der Waals surface area contributed by atoms with Gasteiger partial charge in [0.2, 0.25) is 15.9 Å². The number of anilines is 1. The van der Waals surface area contributed by atoms with Crippen LogP contribution < -0.4 is 15.8 Å². The molecule has 1 rings (SSSR count). The summed E-state index contributed by atoms with van der Waals surface area (Å²) in [6, 6.07) is 5.64. The molecule has 0 spiro atoms. The Morgan fingerprint density at radius 1 is 1.35 bits per heavy atom. The summed E-state index contributed by atoms with van der Waals surface area (Å²) in [4.78, 5) is 11.0. The van der Waals surface area contributed by atoms with E-state index in [9.17, 15) is 13.2 Å². The van der Waals surface area contributed by atoms with Gasteiger partial charge in [0.15, 0.2) is 0 Å². The lowest BCUT2D eigenvalue weighted by atomic mass is 10.2. The van der Waals surface area contributed by atoms with Crippen molar-refractivity contribution in [2.45, 2.75) is 17.9 Å². The zero-order valence-electron chi connectivity index (χ0n) is 9.60. The van der Waals surface area contributed by atoms with Crippen molar-refractivity contribution in [3.05, 3.63) is 24.3 Å². The maximum absolute atomic E-state index is 11.7. The minimum absolute atomic E-state index is 0.0793. The van der Waals surface area contributed by atoms with Crippen LogP contribution in [0.4, 0.5) is 5.69 Å². The second-order valence-corrected chi connectivity index (χ2v) is 5.33. The molecule has 7 heteroatoms. The molecule has 0 saturated heterocycles. The van der Waals surface area contributed by atoms with Gasteiger partial charge in [-0.3, -0.25) is 4.79 Å². The van der Waals surface area contributed by atoms with Crippen LogP contribution in [0.25, 0.3) is 0 Å². The summed E-state index contributed by atoms with van der Waals surface area (Å²) in [7, 11) is -2.24. The second kappa shape index (κ2) is 5.15. The van der Waals surface area contributed by atoms with Gasteiger partial charge in [0, 0.05) is 0 Å². The molecule has 1 aromatic carbocycles. The fourth-order valence-corrected chi connectivity index (χ4v) is 2.13. The monoisotopic (exact) mass is 257 g/mol. The van der Waals surface area contributed by atoms with E-state index in [1.807, 2.05) is 0 Å². The van der Waals surface area contributed by atoms with E-state index < -0.39 is 22.0 Å². The first-order chi connectivity index (χ1) is 7.88. The van der Waals surface area contributed by atoms with Crippen LogP contribution in [0, 0.1) is 0 Å². The van der Waals surface area contributed by atoms with Crippen molar-refractivity contribution in [3.8, 4) is 0 Å². The number of sulfonamides is 1. The Kier molecular flexibility index (Phi) is 4.08. The van der Waals surface area contributed by atoms with Crippen molar-refractivity contribution in [2.24, 2.45) is 5.73 Å². The van der Waals surface area contributed by atoms with E-state index in [4.69, 9.17) is 5.73 Å². The first-order valence-electron chi connectivity index (χ1n) is 4.97. The number of primary amides is 1. The predicted molar refractivity (Wildman–Crippen MR) is 65.0 cm³/mol. The molecule has 0 aliphatic rings. The third kappa shape index (κ3) is 3.18. The Hall–Kier alpha value is -1.60. The Morgan fingerprint density at radius 3 is 2.47 bits per heavy atom. The largest absolute Gasteiger partial charge is 0.373 e. The second-order valence-electron chi connectivity index (χ2n) is 3.47. The van der Waals surface area contributed by atoms with Crippen LogP contribution in [0.1, 0.15) is 6.92 Å². The molecule has 0 radical (unpaired) electrons. The molecule has 1 amide bonds. The summed E-state index contributed by atoms with van der Waals surface area (Å²) < 4.78 is 25.6. The van der Waals surface area contributed by atoms with Crippen molar-refractivity contribution >= 4 is 21.6 Å². The lowest BCUT2D eigenvalue weighted by Gasteiger charge is -2.15. The van der Waals surface area contributed by atoms with Crippen LogP contribution in [0.3, 0.4) is 0 Å². The zero-order valence-corrected chi connectivity index (χ0v) is 10.4. The molecule has 0 fully saturated rings. The highest BCUT2D eigenvalue weighted by Gasteiger charge is 2.18. The predicted octanol–water partition coefficient (Wildman–Crippen LogP) is -0.120. The van der Waals surface area contributed by atoms with Gasteiger partial charge in [-0.15, -0.1) is 0 Å². The van der Waals surface area contributed by atoms with Gasteiger partial charge in [-0.05, 0) is 26.1 Å². The summed E-state index contributed by atoms with van der Waals surface area (Å²) in [6.45, 7) is 1.56. The number of hydrogen-bond acceptors (Lipinski definition) is 4. The summed E-state index contributed by atoms with van der Waals surface area (Å²) in [5.74, 6) is -0.554. The fraction of sp³-hybridized carbons (Fsp3) is 0.300. The van der Waals surface area contributed by atoms with E-state index in [-0.39, 0.29) is 4.90 Å². The van der Waals surface area contributed by atoms with Crippen molar-refractivity contribution in [1.29, 1.82) is 0 Å². The molecule has 6 nitrogen and oxygen atoms in total. The van der Waals surface area contributed by atoms with Crippen LogP contribution in [0.5, 0.6) is 0 Å². The minimum atomic E-state index is -3.56. The summed E-state index contributed by atoms with van der Waals surface area (Å²) >= 11 is 0. The van der Waals surface area contributed by atoms with Crippen molar-refractivity contribution < 1.29 is 13.2 Å². The number of para-hydroxylation sites is 1. The van der Waals surface area contributed by atoms with Crippen LogP contribution >= 0.6 is 0 Å². The van der Waals surface area contributed by atoms with E-state index in [0.717, 1.165) is 0 Å². The number of benzene rings is 1. The lowest BCUT2D eigenvalue weighted by molar-refractivity contribution is -0.118. The molecule has 1 unspecified atom stereocenters. The highest BCUT2D eigenvalue weighted by molar-refractivity contribution is 7.89. The van der Waals surface area contributed by atoms with E-state index in [1.165, 1.54) is 13.1 Å². The molecular formula is C10H15N3O3S. The molecular weight excluding hydrogens is 242 g/mol. The summed E-state index contributed by atoms with van der Waals surface area (Å²) in [5.41, 5.74) is 5.45. The number of hydrogen-bond donors (Lipinski definition) is 3. The number of nitrogens with one attached hydrogen (secondary N) is 2. The molecule has 0 heterocycles. The van der Waals surface area contributed by atoms with Crippen LogP contribution in [-0.4, -0.2) is 27.4 Å². The van der Waals surface area contributed by atoms with E-state index >= 15 is 0 Å². The number of rotatable bonds is 5. The molecule has 0 bridgehead atoms. The number of nitrogens with two attached hydrogens (primary N) is 1. The van der Waals surface area contributed by atoms with Crippen molar-refractivity contribution in [3.63, 3.8) is 0 Å². The van der Waals surface area contributed by atoms with E-state index in [1.54, 1.807) is 25.1 Å². The fourth-order valence-electron chi connectivity index (χ4n) is 1.23. The lowest BCUT2D eigenvalue weighted by Crippen LogP contribution is -2.33. The molecule has 17 heavy (non-hydrogen) atoms. The van der Waals surface area contributed by atoms with Gasteiger partial charge in [-0.2, -0.15) is 0 Å². The number of amides is 1. The SMILES string of the molecule is CNS(=O)(=O)c1ccccc1NC(C)C(N)=O. The Morgan fingerprint density at radius 2 is 1.94 bits per heavy atom. The highest BCUT2D eigenvalue weighted by Crippen LogP contribution is 2.20. The van der Waals surface area contributed by atoms with Crippen LogP contribution in [-0.2, 0) is 14.8 Å². The molecule has 94 valence electrons. The first kappa shape index (κ1) is 13.5. The Bertz CT molecular complexity index is 513. The average Bonchev–Trinajstić information content (AvgIpc) is 2.29. The molecule has 1 atom stereocenters. The van der Waals surface area contributed by atoms with Gasteiger partial charge in [-0.1, -0.05) is 12.1 Å². The van der Waals surface area contributed by atoms with Gasteiger partial charge in [0.25, 0.3) is 0 Å². The van der Waals surface area contributed by atoms with Crippen LogP contribution in [0.2, 0.25) is 0 Å². The van der Waals surface area contributed by atoms with Gasteiger partial charge < -0.3 is 11.1 Å². The number of carbonyl (C=O) groups excluding carboxylic acids is 1. The Labute approximate surface area is 100 Å². The van der Waals surface area contributed by atoms with E-state index in [0.29, 0.717) is 5.69 Å². The molecule has 0 aliphatic heterocycles. The van der Waals surface area contributed by atoms with Crippen molar-refractivity contribution in [1.82, 2.24) is 4.72 Å². The quantitative estimate of drug-likeness (QED) is 0.684. The van der Waals surface area contributed by atoms with E-state index in [2.05, 4.69) is 10.0 Å². The maximum atomic E-state index is 11.7. The molecule has 0 aliphatic carbocycles. The summed E-state index contributed by atoms with van der Waals surface area (Å²) in [6.07, 6.45) is 0. The Balaban J connectivity index is 3.14.